The van der Waals surface area contributed by atoms with Crippen molar-refractivity contribution in [2.45, 2.75) is 18.9 Å². The highest BCUT2D eigenvalue weighted by Crippen LogP contribution is 2.20. The molecule has 1 aliphatic rings. The van der Waals surface area contributed by atoms with Gasteiger partial charge in [0.1, 0.15) is 5.56 Å². The molecule has 3 aromatic rings. The molecule has 0 spiro atoms. The molecular formula is C19H20N4O2. The number of nitrogens with one attached hydrogen (secondary N) is 1. The maximum absolute atomic E-state index is 12.7. The van der Waals surface area contributed by atoms with Crippen LogP contribution in [0.3, 0.4) is 0 Å². The first-order chi connectivity index (χ1) is 12.3. The average Bonchev–Trinajstić information content (AvgIpc) is 3.41. The van der Waals surface area contributed by atoms with Crippen molar-refractivity contribution in [1.82, 2.24) is 19.7 Å². The van der Waals surface area contributed by atoms with E-state index in [0.717, 1.165) is 31.0 Å². The zero-order valence-corrected chi connectivity index (χ0v) is 13.8. The Labute approximate surface area is 146 Å². The van der Waals surface area contributed by atoms with Crippen LogP contribution in [0.2, 0.25) is 0 Å². The summed E-state index contributed by atoms with van der Waals surface area (Å²) in [4.78, 5) is 12.7. The van der Waals surface area contributed by atoms with Crippen molar-refractivity contribution in [3.05, 3.63) is 66.6 Å². The number of nitrogens with zero attached hydrogens (tertiary/aromatic N) is 3. The summed E-state index contributed by atoms with van der Waals surface area (Å²) in [6, 6.07) is 13.6. The normalized spacial score (nSPS) is 16.9. The number of ether oxygens (including phenoxy) is 1. The number of rotatable bonds is 5. The van der Waals surface area contributed by atoms with Crippen molar-refractivity contribution in [2.24, 2.45) is 0 Å². The van der Waals surface area contributed by atoms with Crippen LogP contribution in [-0.2, 0) is 4.74 Å². The number of benzene rings is 1. The van der Waals surface area contributed by atoms with Crippen molar-refractivity contribution >= 4 is 5.91 Å². The van der Waals surface area contributed by atoms with Gasteiger partial charge in [-0.3, -0.25) is 4.79 Å². The van der Waals surface area contributed by atoms with Gasteiger partial charge in [-0.05, 0) is 37.1 Å². The molecule has 128 valence electrons. The summed E-state index contributed by atoms with van der Waals surface area (Å²) in [6.45, 7) is 1.31. The molecule has 1 amide bonds. The van der Waals surface area contributed by atoms with E-state index in [0.29, 0.717) is 12.1 Å². The van der Waals surface area contributed by atoms with Crippen molar-refractivity contribution < 1.29 is 9.53 Å². The smallest absolute Gasteiger partial charge is 0.256 e. The first kappa shape index (κ1) is 15.7. The highest BCUT2D eigenvalue weighted by Gasteiger charge is 2.22. The van der Waals surface area contributed by atoms with Crippen LogP contribution < -0.4 is 5.32 Å². The summed E-state index contributed by atoms with van der Waals surface area (Å²) >= 11 is 0. The van der Waals surface area contributed by atoms with Crippen LogP contribution in [0.1, 0.15) is 23.2 Å². The van der Waals surface area contributed by atoms with Crippen LogP contribution in [0, 0.1) is 0 Å². The van der Waals surface area contributed by atoms with E-state index >= 15 is 0 Å². The Bertz CT molecular complexity index is 834. The minimum absolute atomic E-state index is 0.114. The van der Waals surface area contributed by atoms with Gasteiger partial charge in [0.2, 0.25) is 0 Å². The van der Waals surface area contributed by atoms with Gasteiger partial charge in [0.05, 0.1) is 18.0 Å². The van der Waals surface area contributed by atoms with E-state index in [9.17, 15) is 4.79 Å². The summed E-state index contributed by atoms with van der Waals surface area (Å²) in [5.41, 5.74) is 1.45. The van der Waals surface area contributed by atoms with Gasteiger partial charge in [0.25, 0.3) is 5.91 Å². The van der Waals surface area contributed by atoms with E-state index in [4.69, 9.17) is 4.74 Å². The van der Waals surface area contributed by atoms with Gasteiger partial charge in [-0.15, -0.1) is 0 Å². The van der Waals surface area contributed by atoms with Crippen LogP contribution in [-0.4, -0.2) is 39.5 Å². The van der Waals surface area contributed by atoms with Gasteiger partial charge in [0.15, 0.2) is 5.82 Å². The van der Waals surface area contributed by atoms with Gasteiger partial charge in [0, 0.05) is 25.5 Å². The van der Waals surface area contributed by atoms with Crippen molar-refractivity contribution in [3.8, 4) is 11.5 Å². The van der Waals surface area contributed by atoms with Crippen LogP contribution in [0.15, 0.2) is 61.1 Å². The average molecular weight is 336 g/mol. The Balaban J connectivity index is 1.65. The third-order valence-electron chi connectivity index (χ3n) is 4.35. The van der Waals surface area contributed by atoms with Crippen molar-refractivity contribution in [1.29, 1.82) is 0 Å². The molecule has 1 N–H and O–H groups in total. The minimum atomic E-state index is -0.138. The molecule has 6 nitrogen and oxygen atoms in total. The molecule has 1 saturated heterocycles. The number of carbonyl (C=O) groups excluding carboxylic acids is 1. The van der Waals surface area contributed by atoms with Crippen LogP contribution >= 0.6 is 0 Å². The molecule has 0 aliphatic carbocycles. The van der Waals surface area contributed by atoms with E-state index in [-0.39, 0.29) is 12.0 Å². The second kappa shape index (κ2) is 6.94. The number of hydrogen-bond acceptors (Lipinski definition) is 3. The van der Waals surface area contributed by atoms with Crippen LogP contribution in [0.25, 0.3) is 11.5 Å². The molecule has 0 saturated carbocycles. The second-order valence-electron chi connectivity index (χ2n) is 6.06. The summed E-state index contributed by atoms with van der Waals surface area (Å²) in [7, 11) is 0. The molecule has 2 aromatic heterocycles. The molecule has 0 bridgehead atoms. The van der Waals surface area contributed by atoms with Gasteiger partial charge in [-0.2, -0.15) is 5.10 Å². The third-order valence-corrected chi connectivity index (χ3v) is 4.35. The lowest BCUT2D eigenvalue weighted by atomic mass is 10.2. The Morgan fingerprint density at radius 1 is 1.20 bits per heavy atom. The van der Waals surface area contributed by atoms with Crippen molar-refractivity contribution in [3.63, 3.8) is 0 Å². The molecule has 1 aromatic carbocycles. The first-order valence-corrected chi connectivity index (χ1v) is 8.49. The minimum Gasteiger partial charge on any atom is -0.376 e. The van der Waals surface area contributed by atoms with E-state index in [2.05, 4.69) is 10.4 Å². The number of aromatic nitrogens is 3. The first-order valence-electron chi connectivity index (χ1n) is 8.49. The fraction of sp³-hybridized carbons (Fsp3) is 0.263. The Hall–Kier alpha value is -2.86. The maximum atomic E-state index is 12.7. The van der Waals surface area contributed by atoms with E-state index < -0.39 is 0 Å². The van der Waals surface area contributed by atoms with Crippen LogP contribution in [0.5, 0.6) is 0 Å². The highest BCUT2D eigenvalue weighted by molar-refractivity contribution is 5.97. The van der Waals surface area contributed by atoms with Gasteiger partial charge < -0.3 is 14.6 Å². The monoisotopic (exact) mass is 336 g/mol. The summed E-state index contributed by atoms with van der Waals surface area (Å²) < 4.78 is 9.26. The molecule has 25 heavy (non-hydrogen) atoms. The maximum Gasteiger partial charge on any atom is 0.256 e. The molecule has 1 aliphatic heterocycles. The topological polar surface area (TPSA) is 61.1 Å². The molecule has 0 radical (unpaired) electrons. The summed E-state index contributed by atoms with van der Waals surface area (Å²) in [6.07, 6.45) is 7.60. The highest BCUT2D eigenvalue weighted by atomic mass is 16.5. The quantitative estimate of drug-likeness (QED) is 0.779. The fourth-order valence-corrected chi connectivity index (χ4v) is 3.09. The third kappa shape index (κ3) is 3.21. The molecule has 4 rings (SSSR count). The Morgan fingerprint density at radius 3 is 2.72 bits per heavy atom. The molecule has 1 fully saturated rings. The summed E-state index contributed by atoms with van der Waals surface area (Å²) in [5.74, 6) is 0.586. The lowest BCUT2D eigenvalue weighted by Crippen LogP contribution is -2.32. The number of amides is 1. The molecule has 3 heterocycles. The largest absolute Gasteiger partial charge is 0.376 e. The van der Waals surface area contributed by atoms with Gasteiger partial charge >= 0.3 is 0 Å². The Morgan fingerprint density at radius 2 is 2.00 bits per heavy atom. The number of para-hydroxylation sites is 1. The predicted octanol–water partition coefficient (Wildman–Crippen LogP) is 2.57. The zero-order chi connectivity index (χ0) is 17.1. The fourth-order valence-electron chi connectivity index (χ4n) is 3.09. The van der Waals surface area contributed by atoms with Gasteiger partial charge in [-0.25, -0.2) is 4.68 Å². The van der Waals surface area contributed by atoms with E-state index in [1.807, 2.05) is 59.4 Å². The van der Waals surface area contributed by atoms with E-state index in [1.54, 1.807) is 10.9 Å². The second-order valence-corrected chi connectivity index (χ2v) is 6.06. The van der Waals surface area contributed by atoms with E-state index in [1.165, 1.54) is 0 Å². The molecule has 6 heteroatoms. The number of carbonyl (C=O) groups is 1. The SMILES string of the molecule is O=C(NC[C@@H]1CCCO1)c1cnn(-c2ccccc2)c1-n1cccc1. The van der Waals surface area contributed by atoms with Gasteiger partial charge in [-0.1, -0.05) is 18.2 Å². The zero-order valence-electron chi connectivity index (χ0n) is 13.8. The molecule has 1 atom stereocenters. The van der Waals surface area contributed by atoms with Crippen molar-refractivity contribution in [2.75, 3.05) is 13.2 Å². The van der Waals surface area contributed by atoms with Crippen LogP contribution in [0.4, 0.5) is 0 Å². The lowest BCUT2D eigenvalue weighted by molar-refractivity contribution is 0.0857. The molecular weight excluding hydrogens is 316 g/mol. The molecule has 0 unspecified atom stereocenters. The summed E-state index contributed by atoms with van der Waals surface area (Å²) in [5, 5.41) is 7.42. The Kier molecular flexibility index (Phi) is 4.35. The standard InChI is InChI=1S/C19H20N4O2/c24-18(20-13-16-9-6-12-25-16)17-14-21-23(15-7-2-1-3-8-15)19(17)22-10-4-5-11-22/h1-5,7-8,10-11,14,16H,6,9,12-13H2,(H,20,24)/t16-/m0/s1. The predicted molar refractivity (Wildman–Crippen MR) is 94.2 cm³/mol. The lowest BCUT2D eigenvalue weighted by Gasteiger charge is -2.13. The number of hydrogen-bond donors (Lipinski definition) is 1.